The lowest BCUT2D eigenvalue weighted by Gasteiger charge is -1.98. The molecule has 1 amide bonds. The van der Waals surface area contributed by atoms with Crippen molar-refractivity contribution in [1.82, 2.24) is 10.3 Å². The number of rotatable bonds is 5. The summed E-state index contributed by atoms with van der Waals surface area (Å²) in [5.41, 5.74) is 4.96. The number of carbonyl (C=O) groups is 1. The largest absolute Gasteiger partial charge is 0.370 e. The third-order valence-electron chi connectivity index (χ3n) is 1.35. The molecule has 0 saturated carbocycles. The van der Waals surface area contributed by atoms with Gasteiger partial charge in [0.2, 0.25) is 5.91 Å². The van der Waals surface area contributed by atoms with Crippen molar-refractivity contribution < 1.29 is 4.79 Å². The summed E-state index contributed by atoms with van der Waals surface area (Å²) in [4.78, 5) is 14.4. The molecule has 3 N–H and O–H groups in total. The molecule has 0 atom stereocenters. The van der Waals surface area contributed by atoms with Crippen LogP contribution in [0.15, 0.2) is 6.20 Å². The Labute approximate surface area is 85.1 Å². The van der Waals surface area contributed by atoms with Gasteiger partial charge in [0.15, 0.2) is 0 Å². The number of carbonyl (C=O) groups excluding carboxylic acids is 1. The normalized spacial score (nSPS) is 10.2. The number of hydrogen-bond acceptors (Lipinski definition) is 4. The minimum Gasteiger partial charge on any atom is -0.370 e. The number of thiazole rings is 1. The molecule has 0 aliphatic rings. The summed E-state index contributed by atoms with van der Waals surface area (Å²) in [7, 11) is 0. The molecule has 0 saturated heterocycles. The molecule has 0 spiro atoms. The van der Waals surface area contributed by atoms with Crippen LogP contribution in [0.2, 0.25) is 4.34 Å². The maximum atomic E-state index is 10.4. The molecule has 0 unspecified atom stereocenters. The monoisotopic (exact) mass is 219 g/mol. The van der Waals surface area contributed by atoms with Crippen LogP contribution in [0.1, 0.15) is 11.4 Å². The molecule has 6 heteroatoms. The van der Waals surface area contributed by atoms with Gasteiger partial charge in [-0.15, -0.1) is 11.3 Å². The van der Waals surface area contributed by atoms with Crippen molar-refractivity contribution >= 4 is 28.8 Å². The van der Waals surface area contributed by atoms with Crippen LogP contribution in [0.4, 0.5) is 0 Å². The van der Waals surface area contributed by atoms with E-state index >= 15 is 0 Å². The topological polar surface area (TPSA) is 68.0 Å². The lowest BCUT2D eigenvalue weighted by Crippen LogP contribution is -2.21. The minimum absolute atomic E-state index is 0.301. The second-order valence-corrected chi connectivity index (χ2v) is 4.20. The highest BCUT2D eigenvalue weighted by molar-refractivity contribution is 7.15. The van der Waals surface area contributed by atoms with Crippen LogP contribution in [-0.4, -0.2) is 17.4 Å². The molecule has 0 bridgehead atoms. The lowest BCUT2D eigenvalue weighted by atomic mass is 10.4. The van der Waals surface area contributed by atoms with Gasteiger partial charge in [0.25, 0.3) is 0 Å². The molecule has 0 aliphatic carbocycles. The number of halogens is 1. The van der Waals surface area contributed by atoms with Crippen molar-refractivity contribution in [2.45, 2.75) is 13.0 Å². The van der Waals surface area contributed by atoms with Crippen LogP contribution in [0.3, 0.4) is 0 Å². The van der Waals surface area contributed by atoms with Gasteiger partial charge in [-0.1, -0.05) is 11.6 Å². The van der Waals surface area contributed by atoms with E-state index < -0.39 is 0 Å². The maximum Gasteiger partial charge on any atom is 0.218 e. The third-order valence-corrected chi connectivity index (χ3v) is 2.46. The van der Waals surface area contributed by atoms with Crippen molar-refractivity contribution in [3.05, 3.63) is 15.5 Å². The van der Waals surface area contributed by atoms with Gasteiger partial charge in [0, 0.05) is 19.5 Å². The average molecular weight is 220 g/mol. The van der Waals surface area contributed by atoms with E-state index in [9.17, 15) is 4.79 Å². The molecule has 1 heterocycles. The van der Waals surface area contributed by atoms with Crippen molar-refractivity contribution in [1.29, 1.82) is 0 Å². The van der Waals surface area contributed by atoms with Gasteiger partial charge in [-0.3, -0.25) is 4.79 Å². The predicted molar refractivity (Wildman–Crippen MR) is 52.6 cm³/mol. The Bertz CT molecular complexity index is 289. The van der Waals surface area contributed by atoms with Crippen LogP contribution < -0.4 is 11.1 Å². The molecule has 13 heavy (non-hydrogen) atoms. The second kappa shape index (κ2) is 5.16. The zero-order valence-corrected chi connectivity index (χ0v) is 8.49. The summed E-state index contributed by atoms with van der Waals surface area (Å²) in [6.07, 6.45) is 1.95. The highest BCUT2D eigenvalue weighted by atomic mass is 35.5. The Balaban J connectivity index is 2.16. The van der Waals surface area contributed by atoms with Gasteiger partial charge in [0.05, 0.1) is 6.20 Å². The van der Waals surface area contributed by atoms with E-state index in [1.165, 1.54) is 11.3 Å². The molecule has 1 aromatic rings. The number of primary amides is 1. The number of nitrogens with two attached hydrogens (primary N) is 1. The molecule has 1 aromatic heterocycles. The van der Waals surface area contributed by atoms with Crippen molar-refractivity contribution in [3.8, 4) is 0 Å². The smallest absolute Gasteiger partial charge is 0.218 e. The standard InChI is InChI=1S/C7H10ClN3OS/c8-5-3-11-7(13-5)4-10-2-1-6(9)12/h3,10H,1-2,4H2,(H2,9,12). The Kier molecular flexibility index (Phi) is 4.14. The molecular weight excluding hydrogens is 210 g/mol. The summed E-state index contributed by atoms with van der Waals surface area (Å²) in [5, 5.41) is 3.95. The number of nitrogens with zero attached hydrogens (tertiary/aromatic N) is 1. The first-order valence-corrected chi connectivity index (χ1v) is 4.97. The summed E-state index contributed by atoms with van der Waals surface area (Å²) < 4.78 is 0.673. The van der Waals surface area contributed by atoms with E-state index in [0.717, 1.165) is 5.01 Å². The second-order valence-electron chi connectivity index (χ2n) is 2.45. The third kappa shape index (κ3) is 4.21. The average Bonchev–Trinajstić information content (AvgIpc) is 2.45. The Morgan fingerprint density at radius 1 is 1.77 bits per heavy atom. The summed E-state index contributed by atoms with van der Waals surface area (Å²) in [6.45, 7) is 1.21. The number of aromatic nitrogens is 1. The van der Waals surface area contributed by atoms with Gasteiger partial charge in [-0.25, -0.2) is 4.98 Å². The molecule has 0 aromatic carbocycles. The molecule has 0 radical (unpaired) electrons. The van der Waals surface area contributed by atoms with Gasteiger partial charge < -0.3 is 11.1 Å². The van der Waals surface area contributed by atoms with E-state index in [1.54, 1.807) is 6.20 Å². The van der Waals surface area contributed by atoms with E-state index in [4.69, 9.17) is 17.3 Å². The van der Waals surface area contributed by atoms with E-state index in [1.807, 2.05) is 0 Å². The predicted octanol–water partition coefficient (Wildman–Crippen LogP) is 0.762. The van der Waals surface area contributed by atoms with Gasteiger partial charge >= 0.3 is 0 Å². The summed E-state index contributed by atoms with van der Waals surface area (Å²) in [5.74, 6) is -0.301. The minimum atomic E-state index is -0.301. The number of hydrogen-bond donors (Lipinski definition) is 2. The molecule has 1 rings (SSSR count). The first kappa shape index (κ1) is 10.4. The zero-order chi connectivity index (χ0) is 9.68. The fourth-order valence-electron chi connectivity index (χ4n) is 0.777. The van der Waals surface area contributed by atoms with E-state index in [2.05, 4.69) is 10.3 Å². The van der Waals surface area contributed by atoms with Crippen LogP contribution >= 0.6 is 22.9 Å². The molecular formula is C7H10ClN3OS. The Morgan fingerprint density at radius 3 is 3.08 bits per heavy atom. The first-order valence-electron chi connectivity index (χ1n) is 3.77. The lowest BCUT2D eigenvalue weighted by molar-refractivity contribution is -0.117. The molecule has 72 valence electrons. The Hall–Kier alpha value is -0.650. The number of nitrogens with one attached hydrogen (secondary N) is 1. The van der Waals surface area contributed by atoms with Crippen LogP contribution in [0.5, 0.6) is 0 Å². The SMILES string of the molecule is NC(=O)CCNCc1ncc(Cl)s1. The molecule has 0 aliphatic heterocycles. The molecule has 4 nitrogen and oxygen atoms in total. The van der Waals surface area contributed by atoms with Gasteiger partial charge in [0.1, 0.15) is 9.34 Å². The zero-order valence-electron chi connectivity index (χ0n) is 6.92. The van der Waals surface area contributed by atoms with Gasteiger partial charge in [-0.05, 0) is 0 Å². The highest BCUT2D eigenvalue weighted by Gasteiger charge is 1.99. The van der Waals surface area contributed by atoms with Gasteiger partial charge in [-0.2, -0.15) is 0 Å². The van der Waals surface area contributed by atoms with Crippen LogP contribution in [0, 0.1) is 0 Å². The van der Waals surface area contributed by atoms with E-state index in [-0.39, 0.29) is 5.91 Å². The van der Waals surface area contributed by atoms with Crippen molar-refractivity contribution in [2.24, 2.45) is 5.73 Å². The fourth-order valence-corrected chi connectivity index (χ4v) is 1.70. The van der Waals surface area contributed by atoms with Crippen molar-refractivity contribution in [3.63, 3.8) is 0 Å². The highest BCUT2D eigenvalue weighted by Crippen LogP contribution is 2.17. The fraction of sp³-hybridized carbons (Fsp3) is 0.429. The summed E-state index contributed by atoms with van der Waals surface area (Å²) in [6, 6.07) is 0. The Morgan fingerprint density at radius 2 is 2.54 bits per heavy atom. The van der Waals surface area contributed by atoms with Crippen LogP contribution in [0.25, 0.3) is 0 Å². The quantitative estimate of drug-likeness (QED) is 0.719. The number of amides is 1. The maximum absolute atomic E-state index is 10.4. The summed E-state index contributed by atoms with van der Waals surface area (Å²) >= 11 is 7.10. The van der Waals surface area contributed by atoms with Crippen LogP contribution in [-0.2, 0) is 11.3 Å². The first-order chi connectivity index (χ1) is 6.18. The van der Waals surface area contributed by atoms with Crippen molar-refractivity contribution in [2.75, 3.05) is 6.54 Å². The molecule has 0 fully saturated rings. The van der Waals surface area contributed by atoms with E-state index in [0.29, 0.717) is 23.8 Å².